The topological polar surface area (TPSA) is 54.4 Å². The van der Waals surface area contributed by atoms with E-state index in [0.29, 0.717) is 5.69 Å². The molecule has 1 aromatic rings. The second kappa shape index (κ2) is 3.51. The van der Waals surface area contributed by atoms with Gasteiger partial charge in [0.25, 0.3) is 5.91 Å². The molecule has 1 amide bonds. The first-order chi connectivity index (χ1) is 8.84. The summed E-state index contributed by atoms with van der Waals surface area (Å²) in [5, 5.41) is 4.30. The highest BCUT2D eigenvalue weighted by molar-refractivity contribution is 6.29. The van der Waals surface area contributed by atoms with Crippen LogP contribution in [0, 0.1) is 0 Å². The Morgan fingerprint density at radius 2 is 2.11 bits per heavy atom. The molecule has 1 N–H and O–H groups in total. The van der Waals surface area contributed by atoms with Gasteiger partial charge in [-0.25, -0.2) is 5.43 Å². The fourth-order valence-corrected chi connectivity index (χ4v) is 3.20. The lowest BCUT2D eigenvalue weighted by Crippen LogP contribution is -2.19. The molecule has 0 bridgehead atoms. The summed E-state index contributed by atoms with van der Waals surface area (Å²) >= 11 is 0. The highest BCUT2D eigenvalue weighted by atomic mass is 16.2. The summed E-state index contributed by atoms with van der Waals surface area (Å²) in [7, 11) is 0. The molecule has 0 saturated heterocycles. The van der Waals surface area contributed by atoms with Crippen molar-refractivity contribution >= 4 is 17.2 Å². The minimum atomic E-state index is -0.179. The van der Waals surface area contributed by atoms with Crippen molar-refractivity contribution in [2.24, 2.45) is 5.10 Å². The third-order valence-corrected chi connectivity index (χ3v) is 3.98. The molecule has 1 aliphatic heterocycles. The van der Waals surface area contributed by atoms with E-state index in [1.54, 1.807) is 6.20 Å². The molecule has 3 aliphatic rings. The smallest absolute Gasteiger partial charge is 0.266 e. The van der Waals surface area contributed by atoms with Crippen LogP contribution in [0.5, 0.6) is 0 Å². The summed E-state index contributed by atoms with van der Waals surface area (Å²) in [6, 6.07) is 2.03. The maximum atomic E-state index is 12.0. The second-order valence-corrected chi connectivity index (χ2v) is 5.06. The second-order valence-electron chi connectivity index (χ2n) is 5.06. The zero-order valence-corrected chi connectivity index (χ0v) is 9.99. The largest absolute Gasteiger partial charge is 0.290 e. The number of pyridine rings is 1. The van der Waals surface area contributed by atoms with Crippen LogP contribution < -0.4 is 5.43 Å². The SMILES string of the molecule is O=C1NN=C2CCCCC3=C2c2c(ccnc21)C3. The molecule has 0 spiro atoms. The summed E-state index contributed by atoms with van der Waals surface area (Å²) in [6.45, 7) is 0. The van der Waals surface area contributed by atoms with Gasteiger partial charge in [0.05, 0.1) is 5.71 Å². The molecule has 0 fully saturated rings. The van der Waals surface area contributed by atoms with Gasteiger partial charge in [-0.1, -0.05) is 5.57 Å². The fraction of sp³-hybridized carbons (Fsp3) is 0.357. The van der Waals surface area contributed by atoms with E-state index in [0.717, 1.165) is 37.0 Å². The third-order valence-electron chi connectivity index (χ3n) is 3.98. The van der Waals surface area contributed by atoms with E-state index in [1.807, 2.05) is 6.07 Å². The number of rotatable bonds is 0. The number of carbonyl (C=O) groups is 1. The number of hydrazone groups is 1. The minimum Gasteiger partial charge on any atom is -0.266 e. The molecular formula is C14H13N3O. The first-order valence-electron chi connectivity index (χ1n) is 6.42. The van der Waals surface area contributed by atoms with Crippen LogP contribution in [0.3, 0.4) is 0 Å². The Bertz CT molecular complexity index is 628. The number of allylic oxidation sites excluding steroid dienone is 2. The standard InChI is InChI=1S/C14H13N3O/c18-14-13-12-9(5-6-15-13)7-8-3-1-2-4-10(11(8)12)16-17-14/h5-6H,1-4,7H2,(H,17,18). The van der Waals surface area contributed by atoms with Crippen LogP contribution in [-0.2, 0) is 6.42 Å². The van der Waals surface area contributed by atoms with Gasteiger partial charge in [-0.05, 0) is 43.7 Å². The lowest BCUT2D eigenvalue weighted by Gasteiger charge is -2.06. The van der Waals surface area contributed by atoms with E-state index in [2.05, 4.69) is 15.5 Å². The van der Waals surface area contributed by atoms with Crippen molar-refractivity contribution in [2.45, 2.75) is 32.1 Å². The number of nitrogens with one attached hydrogen (secondary N) is 1. The van der Waals surface area contributed by atoms with Gasteiger partial charge in [0.2, 0.25) is 0 Å². The van der Waals surface area contributed by atoms with Crippen molar-refractivity contribution in [3.8, 4) is 0 Å². The highest BCUT2D eigenvalue weighted by Crippen LogP contribution is 2.41. The van der Waals surface area contributed by atoms with Gasteiger partial charge >= 0.3 is 0 Å². The van der Waals surface area contributed by atoms with E-state index < -0.39 is 0 Å². The molecule has 2 aliphatic carbocycles. The fourth-order valence-electron chi connectivity index (χ4n) is 3.20. The number of aromatic nitrogens is 1. The van der Waals surface area contributed by atoms with Crippen LogP contribution in [0.4, 0.5) is 0 Å². The average molecular weight is 239 g/mol. The quantitative estimate of drug-likeness (QED) is 0.753. The van der Waals surface area contributed by atoms with Gasteiger partial charge in [0, 0.05) is 17.3 Å². The number of amides is 1. The number of nitrogens with zero attached hydrogens (tertiary/aromatic N) is 2. The third kappa shape index (κ3) is 1.23. The molecule has 0 radical (unpaired) electrons. The summed E-state index contributed by atoms with van der Waals surface area (Å²) in [5.41, 5.74) is 9.14. The molecule has 1 aromatic heterocycles. The van der Waals surface area contributed by atoms with Crippen LogP contribution in [0.2, 0.25) is 0 Å². The summed E-state index contributed by atoms with van der Waals surface area (Å²) < 4.78 is 0. The number of hydrogen-bond acceptors (Lipinski definition) is 3. The molecular weight excluding hydrogens is 226 g/mol. The average Bonchev–Trinajstić information content (AvgIpc) is 2.54. The van der Waals surface area contributed by atoms with Gasteiger partial charge in [-0.15, -0.1) is 0 Å². The molecule has 4 nitrogen and oxygen atoms in total. The molecule has 4 heteroatoms. The first-order valence-corrected chi connectivity index (χ1v) is 6.42. The zero-order chi connectivity index (χ0) is 12.1. The van der Waals surface area contributed by atoms with Crippen molar-refractivity contribution in [1.82, 2.24) is 10.4 Å². The Morgan fingerprint density at radius 3 is 3.06 bits per heavy atom. The Morgan fingerprint density at radius 1 is 1.22 bits per heavy atom. The summed E-state index contributed by atoms with van der Waals surface area (Å²) in [5.74, 6) is -0.179. The van der Waals surface area contributed by atoms with E-state index in [4.69, 9.17) is 0 Å². The Balaban J connectivity index is 2.04. The van der Waals surface area contributed by atoms with Crippen molar-refractivity contribution in [2.75, 3.05) is 0 Å². The highest BCUT2D eigenvalue weighted by Gasteiger charge is 2.33. The minimum absolute atomic E-state index is 0.179. The van der Waals surface area contributed by atoms with Gasteiger partial charge < -0.3 is 0 Å². The van der Waals surface area contributed by atoms with Gasteiger partial charge in [-0.2, -0.15) is 5.10 Å². The lowest BCUT2D eigenvalue weighted by molar-refractivity contribution is 0.0950. The van der Waals surface area contributed by atoms with Crippen molar-refractivity contribution in [1.29, 1.82) is 0 Å². The van der Waals surface area contributed by atoms with Gasteiger partial charge in [0.15, 0.2) is 0 Å². The van der Waals surface area contributed by atoms with Crippen LogP contribution in [0.15, 0.2) is 22.9 Å². The number of carbonyl (C=O) groups excluding carboxylic acids is 1. The van der Waals surface area contributed by atoms with Crippen LogP contribution >= 0.6 is 0 Å². The lowest BCUT2D eigenvalue weighted by atomic mass is 9.98. The summed E-state index contributed by atoms with van der Waals surface area (Å²) in [4.78, 5) is 16.3. The van der Waals surface area contributed by atoms with Crippen LogP contribution in [0.1, 0.15) is 47.3 Å². The van der Waals surface area contributed by atoms with E-state index >= 15 is 0 Å². The van der Waals surface area contributed by atoms with Gasteiger partial charge in [0.1, 0.15) is 5.69 Å². The van der Waals surface area contributed by atoms with Crippen LogP contribution in [-0.4, -0.2) is 16.6 Å². The predicted octanol–water partition coefficient (Wildman–Crippen LogP) is 2.06. The molecule has 18 heavy (non-hydrogen) atoms. The van der Waals surface area contributed by atoms with Crippen molar-refractivity contribution < 1.29 is 4.79 Å². The van der Waals surface area contributed by atoms with Gasteiger partial charge in [-0.3, -0.25) is 9.78 Å². The maximum absolute atomic E-state index is 12.0. The molecule has 2 heterocycles. The van der Waals surface area contributed by atoms with Crippen molar-refractivity contribution in [3.05, 3.63) is 34.7 Å². The molecule has 0 aromatic carbocycles. The van der Waals surface area contributed by atoms with E-state index in [1.165, 1.54) is 23.1 Å². The number of hydrogen-bond donors (Lipinski definition) is 1. The summed E-state index contributed by atoms with van der Waals surface area (Å²) in [6.07, 6.45) is 7.12. The van der Waals surface area contributed by atoms with Crippen LogP contribution in [0.25, 0.3) is 5.57 Å². The molecule has 0 atom stereocenters. The Kier molecular flexibility index (Phi) is 1.95. The Hall–Kier alpha value is -1.97. The first kappa shape index (κ1) is 10.00. The molecule has 4 rings (SSSR count). The molecule has 0 saturated carbocycles. The van der Waals surface area contributed by atoms with E-state index in [9.17, 15) is 4.79 Å². The Labute approximate surface area is 105 Å². The predicted molar refractivity (Wildman–Crippen MR) is 68.2 cm³/mol. The normalized spacial score (nSPS) is 20.9. The zero-order valence-electron chi connectivity index (χ0n) is 9.99. The van der Waals surface area contributed by atoms with Crippen molar-refractivity contribution in [3.63, 3.8) is 0 Å². The van der Waals surface area contributed by atoms with E-state index in [-0.39, 0.29) is 5.91 Å². The maximum Gasteiger partial charge on any atom is 0.290 e. The molecule has 0 unspecified atom stereocenters. The monoisotopic (exact) mass is 239 g/mol. The molecule has 90 valence electrons.